The molecule has 7 nitrogen and oxygen atoms in total. The van der Waals surface area contributed by atoms with Crippen molar-refractivity contribution in [2.45, 2.75) is 6.42 Å². The Hall–Kier alpha value is -3.65. The van der Waals surface area contributed by atoms with Gasteiger partial charge in [0.2, 0.25) is 5.91 Å². The highest BCUT2D eigenvalue weighted by atomic mass is 32.1. The Morgan fingerprint density at radius 3 is 2.69 bits per heavy atom. The predicted molar refractivity (Wildman–Crippen MR) is 113 cm³/mol. The van der Waals surface area contributed by atoms with Crippen LogP contribution in [-0.4, -0.2) is 28.4 Å². The summed E-state index contributed by atoms with van der Waals surface area (Å²) in [5.74, 6) is 0.679. The Balaban J connectivity index is 1.36. The molecule has 29 heavy (non-hydrogen) atoms. The van der Waals surface area contributed by atoms with Gasteiger partial charge in [0.05, 0.1) is 22.3 Å². The Labute approximate surface area is 170 Å². The van der Waals surface area contributed by atoms with Crippen LogP contribution in [0.2, 0.25) is 0 Å². The van der Waals surface area contributed by atoms with Gasteiger partial charge in [-0.1, -0.05) is 18.2 Å². The second-order valence-corrected chi connectivity index (χ2v) is 7.37. The van der Waals surface area contributed by atoms with Crippen LogP contribution in [-0.2, 0) is 16.0 Å². The lowest BCUT2D eigenvalue weighted by atomic mass is 10.1. The molecule has 0 atom stereocenters. The van der Waals surface area contributed by atoms with Gasteiger partial charge in [0.1, 0.15) is 11.6 Å². The Bertz CT molecular complexity index is 1150. The maximum atomic E-state index is 12.2. The number of rotatable bonds is 7. The molecule has 146 valence electrons. The van der Waals surface area contributed by atoms with Crippen LogP contribution in [0.25, 0.3) is 21.7 Å². The van der Waals surface area contributed by atoms with Crippen LogP contribution in [0.5, 0.6) is 5.75 Å². The Morgan fingerprint density at radius 2 is 1.97 bits per heavy atom. The van der Waals surface area contributed by atoms with E-state index in [0.29, 0.717) is 11.4 Å². The van der Waals surface area contributed by atoms with Crippen LogP contribution >= 0.6 is 11.3 Å². The molecule has 0 saturated heterocycles. The van der Waals surface area contributed by atoms with Crippen molar-refractivity contribution >= 4 is 39.9 Å². The van der Waals surface area contributed by atoms with Gasteiger partial charge < -0.3 is 20.8 Å². The number of aromatic nitrogens is 2. The summed E-state index contributed by atoms with van der Waals surface area (Å²) >= 11 is 1.61. The number of carbonyl (C=O) groups is 2. The smallest absolute Gasteiger partial charge is 0.262 e. The van der Waals surface area contributed by atoms with Crippen molar-refractivity contribution in [1.29, 1.82) is 0 Å². The molecule has 2 heterocycles. The molecule has 0 aliphatic heterocycles. The molecule has 4 aromatic rings. The van der Waals surface area contributed by atoms with E-state index in [1.807, 2.05) is 29.6 Å². The summed E-state index contributed by atoms with van der Waals surface area (Å²) in [7, 11) is 0. The van der Waals surface area contributed by atoms with E-state index in [0.717, 1.165) is 27.3 Å². The zero-order valence-corrected chi connectivity index (χ0v) is 16.2. The average molecular weight is 406 g/mol. The van der Waals surface area contributed by atoms with E-state index in [1.165, 1.54) is 0 Å². The summed E-state index contributed by atoms with van der Waals surface area (Å²) in [4.78, 5) is 32.0. The summed E-state index contributed by atoms with van der Waals surface area (Å²) in [6, 6.07) is 16.4. The number of H-pyrrole nitrogens is 1. The van der Waals surface area contributed by atoms with Crippen molar-refractivity contribution in [3.8, 4) is 16.5 Å². The molecule has 0 saturated carbocycles. The lowest BCUT2D eigenvalue weighted by Gasteiger charge is -2.08. The van der Waals surface area contributed by atoms with E-state index in [1.54, 1.807) is 41.7 Å². The number of nitrogens with zero attached hydrogens (tertiary/aromatic N) is 1. The third-order valence-corrected chi connectivity index (χ3v) is 5.07. The third kappa shape index (κ3) is 4.61. The summed E-state index contributed by atoms with van der Waals surface area (Å²) in [6.07, 6.45) is 0.172. The number of carbonyl (C=O) groups excluding carboxylic acids is 2. The van der Waals surface area contributed by atoms with E-state index in [-0.39, 0.29) is 18.9 Å². The van der Waals surface area contributed by atoms with Gasteiger partial charge in [-0.2, -0.15) is 0 Å². The topological polar surface area (TPSA) is 110 Å². The first-order valence-electron chi connectivity index (χ1n) is 8.90. The number of thiophene rings is 1. The number of nitrogens with two attached hydrogens (primary N) is 1. The Kier molecular flexibility index (Phi) is 5.26. The summed E-state index contributed by atoms with van der Waals surface area (Å²) in [5.41, 5.74) is 8.29. The SMILES string of the molecule is NC(=O)Cc1ccc(OCC(=O)Nc2ccc3nc(-c4cccs4)[nH]c3c2)cc1. The molecule has 4 rings (SSSR count). The molecule has 8 heteroatoms. The van der Waals surface area contributed by atoms with Crippen molar-refractivity contribution in [2.24, 2.45) is 5.73 Å². The van der Waals surface area contributed by atoms with Crippen molar-refractivity contribution in [1.82, 2.24) is 9.97 Å². The van der Waals surface area contributed by atoms with Crippen LogP contribution in [0.3, 0.4) is 0 Å². The van der Waals surface area contributed by atoms with Crippen molar-refractivity contribution in [3.63, 3.8) is 0 Å². The van der Waals surface area contributed by atoms with Gasteiger partial charge in [-0.3, -0.25) is 9.59 Å². The summed E-state index contributed by atoms with van der Waals surface area (Å²) < 4.78 is 5.49. The minimum atomic E-state index is -0.394. The molecule has 0 unspecified atom stereocenters. The molecule has 2 amide bonds. The highest BCUT2D eigenvalue weighted by Crippen LogP contribution is 2.26. The molecule has 0 radical (unpaired) electrons. The normalized spacial score (nSPS) is 10.8. The van der Waals surface area contributed by atoms with E-state index < -0.39 is 5.91 Å². The second kappa shape index (κ2) is 8.15. The second-order valence-electron chi connectivity index (χ2n) is 6.42. The molecule has 0 fully saturated rings. The molecule has 2 aromatic carbocycles. The van der Waals surface area contributed by atoms with Gasteiger partial charge >= 0.3 is 0 Å². The monoisotopic (exact) mass is 406 g/mol. The summed E-state index contributed by atoms with van der Waals surface area (Å²) in [6.45, 7) is -0.128. The number of amides is 2. The van der Waals surface area contributed by atoms with Crippen molar-refractivity contribution in [2.75, 3.05) is 11.9 Å². The number of imidazole rings is 1. The van der Waals surface area contributed by atoms with Gasteiger partial charge in [-0.15, -0.1) is 11.3 Å². The highest BCUT2D eigenvalue weighted by Gasteiger charge is 2.09. The maximum Gasteiger partial charge on any atom is 0.262 e. The fourth-order valence-electron chi connectivity index (χ4n) is 2.87. The van der Waals surface area contributed by atoms with Crippen molar-refractivity contribution < 1.29 is 14.3 Å². The molecule has 0 aliphatic carbocycles. The average Bonchev–Trinajstić information content (AvgIpc) is 3.36. The van der Waals surface area contributed by atoms with E-state index in [2.05, 4.69) is 15.3 Å². The van der Waals surface area contributed by atoms with Crippen LogP contribution in [0, 0.1) is 0 Å². The molecular weight excluding hydrogens is 388 g/mol. The number of aromatic amines is 1. The molecular formula is C21H18N4O3S. The molecule has 4 N–H and O–H groups in total. The highest BCUT2D eigenvalue weighted by molar-refractivity contribution is 7.13. The number of hydrogen-bond donors (Lipinski definition) is 3. The van der Waals surface area contributed by atoms with Crippen LogP contribution < -0.4 is 15.8 Å². The minimum Gasteiger partial charge on any atom is -0.484 e. The maximum absolute atomic E-state index is 12.2. The van der Waals surface area contributed by atoms with Crippen LogP contribution in [0.4, 0.5) is 5.69 Å². The fourth-order valence-corrected chi connectivity index (χ4v) is 3.54. The third-order valence-electron chi connectivity index (χ3n) is 4.19. The van der Waals surface area contributed by atoms with Gasteiger partial charge in [-0.05, 0) is 47.3 Å². The van der Waals surface area contributed by atoms with E-state index in [4.69, 9.17) is 10.5 Å². The molecule has 0 aliphatic rings. The largest absolute Gasteiger partial charge is 0.484 e. The fraction of sp³-hybridized carbons (Fsp3) is 0.0952. The standard InChI is InChI=1S/C21H18N4O3S/c22-19(26)10-13-3-6-15(7-4-13)28-12-20(27)23-14-5-8-16-17(11-14)25-21(24-16)18-2-1-9-29-18/h1-9,11H,10,12H2,(H2,22,26)(H,23,27)(H,24,25). The van der Waals surface area contributed by atoms with Gasteiger partial charge in [0.25, 0.3) is 5.91 Å². The Morgan fingerprint density at radius 1 is 1.14 bits per heavy atom. The number of benzene rings is 2. The first kappa shape index (κ1) is 18.7. The first-order valence-corrected chi connectivity index (χ1v) is 9.78. The molecule has 0 bridgehead atoms. The predicted octanol–water partition coefficient (Wildman–Crippen LogP) is 3.34. The quantitative estimate of drug-likeness (QED) is 0.437. The van der Waals surface area contributed by atoms with E-state index >= 15 is 0 Å². The van der Waals surface area contributed by atoms with Crippen LogP contribution in [0.1, 0.15) is 5.56 Å². The zero-order valence-electron chi connectivity index (χ0n) is 15.3. The van der Waals surface area contributed by atoms with E-state index in [9.17, 15) is 9.59 Å². The number of ether oxygens (including phenoxy) is 1. The number of primary amides is 1. The van der Waals surface area contributed by atoms with Crippen LogP contribution in [0.15, 0.2) is 60.0 Å². The minimum absolute atomic E-state index is 0.128. The number of nitrogens with one attached hydrogen (secondary N) is 2. The van der Waals surface area contributed by atoms with Gasteiger partial charge in [0, 0.05) is 5.69 Å². The molecule has 0 spiro atoms. The molecule has 2 aromatic heterocycles. The van der Waals surface area contributed by atoms with Gasteiger partial charge in [-0.25, -0.2) is 4.98 Å². The van der Waals surface area contributed by atoms with Gasteiger partial charge in [0.15, 0.2) is 6.61 Å². The lowest BCUT2D eigenvalue weighted by molar-refractivity contribution is -0.118. The summed E-state index contributed by atoms with van der Waals surface area (Å²) in [5, 5.41) is 4.81. The van der Waals surface area contributed by atoms with Crippen molar-refractivity contribution in [3.05, 3.63) is 65.5 Å². The first-order chi connectivity index (χ1) is 14.1. The number of fused-ring (bicyclic) bond motifs is 1. The lowest BCUT2D eigenvalue weighted by Crippen LogP contribution is -2.20. The zero-order chi connectivity index (χ0) is 20.2. The number of anilines is 1. The number of hydrogen-bond acceptors (Lipinski definition) is 5.